The van der Waals surface area contributed by atoms with Gasteiger partial charge in [-0.2, -0.15) is 0 Å². The first-order valence-corrected chi connectivity index (χ1v) is 9.10. The fourth-order valence-corrected chi connectivity index (χ4v) is 3.87. The first-order chi connectivity index (χ1) is 11.7. The predicted molar refractivity (Wildman–Crippen MR) is 96.4 cm³/mol. The topological polar surface area (TPSA) is 49.6 Å². The Hall–Kier alpha value is -2.18. The third-order valence-corrected chi connectivity index (χ3v) is 5.32. The van der Waals surface area contributed by atoms with Crippen LogP contribution in [0.4, 0.5) is 0 Å². The summed E-state index contributed by atoms with van der Waals surface area (Å²) >= 11 is 1.59. The average molecular weight is 340 g/mol. The molecule has 0 atom stereocenters. The molecule has 4 rings (SSSR count). The summed E-state index contributed by atoms with van der Waals surface area (Å²) in [4.78, 5) is 20.1. The third-order valence-electron chi connectivity index (χ3n) is 4.43. The Bertz CT molecular complexity index is 859. The number of imidazole rings is 1. The molecule has 2 aromatic heterocycles. The summed E-state index contributed by atoms with van der Waals surface area (Å²) in [5.74, 6) is 0.196. The second-order valence-corrected chi connectivity index (χ2v) is 7.02. The van der Waals surface area contributed by atoms with Gasteiger partial charge in [-0.1, -0.05) is 29.8 Å². The Morgan fingerprint density at radius 3 is 2.75 bits per heavy atom. The van der Waals surface area contributed by atoms with E-state index >= 15 is 0 Å². The fraction of sp³-hybridized carbons (Fsp3) is 0.333. The van der Waals surface area contributed by atoms with E-state index < -0.39 is 0 Å². The Balaban J connectivity index is 1.58. The van der Waals surface area contributed by atoms with Crippen molar-refractivity contribution >= 4 is 22.2 Å². The number of benzene rings is 1. The lowest BCUT2D eigenvalue weighted by Crippen LogP contribution is -2.47. The van der Waals surface area contributed by atoms with E-state index in [1.165, 1.54) is 5.56 Å². The van der Waals surface area contributed by atoms with Crippen LogP contribution in [0.5, 0.6) is 0 Å². The fourth-order valence-electron chi connectivity index (χ4n) is 3.00. The maximum atomic E-state index is 12.5. The molecular weight excluding hydrogens is 320 g/mol. The van der Waals surface area contributed by atoms with E-state index in [4.69, 9.17) is 4.98 Å². The number of nitrogens with zero attached hydrogens (tertiary/aromatic N) is 3. The SMILES string of the molecule is Cc1ccc(-c2cn3c(CC(=O)N4CCNCC4)csc3n2)cc1. The first-order valence-electron chi connectivity index (χ1n) is 8.22. The highest BCUT2D eigenvalue weighted by atomic mass is 32.1. The zero-order valence-electron chi connectivity index (χ0n) is 13.7. The standard InChI is InChI=1S/C18H20N4OS/c1-13-2-4-14(5-3-13)16-11-22-15(12-24-18(22)20-16)10-17(23)21-8-6-19-7-9-21/h2-5,11-12,19H,6-10H2,1H3. The van der Waals surface area contributed by atoms with E-state index in [-0.39, 0.29) is 5.91 Å². The molecule has 0 aliphatic carbocycles. The van der Waals surface area contributed by atoms with Gasteiger partial charge in [-0.15, -0.1) is 11.3 Å². The Morgan fingerprint density at radius 2 is 2.00 bits per heavy atom. The number of carbonyl (C=O) groups is 1. The van der Waals surface area contributed by atoms with Crippen LogP contribution >= 0.6 is 11.3 Å². The summed E-state index contributed by atoms with van der Waals surface area (Å²) < 4.78 is 2.06. The highest BCUT2D eigenvalue weighted by Crippen LogP contribution is 2.24. The number of hydrogen-bond donors (Lipinski definition) is 1. The Labute approximate surface area is 144 Å². The normalized spacial score (nSPS) is 15.1. The summed E-state index contributed by atoms with van der Waals surface area (Å²) in [6, 6.07) is 8.37. The van der Waals surface area contributed by atoms with Crippen LogP contribution in [-0.4, -0.2) is 46.4 Å². The number of aromatic nitrogens is 2. The minimum Gasteiger partial charge on any atom is -0.340 e. The van der Waals surface area contributed by atoms with Gasteiger partial charge in [-0.05, 0) is 6.92 Å². The van der Waals surface area contributed by atoms with Gasteiger partial charge in [0.1, 0.15) is 0 Å². The molecule has 0 radical (unpaired) electrons. The summed E-state index contributed by atoms with van der Waals surface area (Å²) in [5.41, 5.74) is 4.32. The van der Waals surface area contributed by atoms with Crippen molar-refractivity contribution in [2.45, 2.75) is 13.3 Å². The molecule has 0 spiro atoms. The minimum atomic E-state index is 0.196. The van der Waals surface area contributed by atoms with Crippen molar-refractivity contribution in [3.05, 3.63) is 47.1 Å². The number of fused-ring (bicyclic) bond motifs is 1. The number of piperazine rings is 1. The maximum Gasteiger partial charge on any atom is 0.228 e. The highest BCUT2D eigenvalue weighted by molar-refractivity contribution is 7.15. The number of aryl methyl sites for hydroxylation is 1. The molecule has 6 heteroatoms. The van der Waals surface area contributed by atoms with Gasteiger partial charge in [0, 0.05) is 49.0 Å². The monoisotopic (exact) mass is 340 g/mol. The van der Waals surface area contributed by atoms with Gasteiger partial charge < -0.3 is 10.2 Å². The molecule has 24 heavy (non-hydrogen) atoms. The van der Waals surface area contributed by atoms with Crippen molar-refractivity contribution in [2.24, 2.45) is 0 Å². The summed E-state index contributed by atoms with van der Waals surface area (Å²) in [6.45, 7) is 5.44. The number of amides is 1. The smallest absolute Gasteiger partial charge is 0.228 e. The molecule has 3 aromatic rings. The molecule has 1 amide bonds. The van der Waals surface area contributed by atoms with Crippen LogP contribution in [0.3, 0.4) is 0 Å². The van der Waals surface area contributed by atoms with Gasteiger partial charge in [0.05, 0.1) is 12.1 Å². The lowest BCUT2D eigenvalue weighted by Gasteiger charge is -2.27. The van der Waals surface area contributed by atoms with Crippen LogP contribution in [0.2, 0.25) is 0 Å². The first kappa shape index (κ1) is 15.4. The van der Waals surface area contributed by atoms with Gasteiger partial charge in [-0.3, -0.25) is 9.20 Å². The van der Waals surface area contributed by atoms with Gasteiger partial charge in [0.25, 0.3) is 0 Å². The number of nitrogens with one attached hydrogen (secondary N) is 1. The van der Waals surface area contributed by atoms with Crippen molar-refractivity contribution in [3.63, 3.8) is 0 Å². The number of thiazole rings is 1. The molecule has 1 N–H and O–H groups in total. The molecule has 0 unspecified atom stereocenters. The Morgan fingerprint density at radius 1 is 1.25 bits per heavy atom. The lowest BCUT2D eigenvalue weighted by atomic mass is 10.1. The largest absolute Gasteiger partial charge is 0.340 e. The lowest BCUT2D eigenvalue weighted by molar-refractivity contribution is -0.131. The Kier molecular flexibility index (Phi) is 4.08. The number of rotatable bonds is 3. The van der Waals surface area contributed by atoms with Gasteiger partial charge in [0.15, 0.2) is 4.96 Å². The van der Waals surface area contributed by atoms with Gasteiger partial charge in [0.2, 0.25) is 5.91 Å². The molecule has 124 valence electrons. The van der Waals surface area contributed by atoms with Crippen LogP contribution < -0.4 is 5.32 Å². The van der Waals surface area contributed by atoms with Crippen molar-refractivity contribution in [2.75, 3.05) is 26.2 Å². The third kappa shape index (κ3) is 2.95. The van der Waals surface area contributed by atoms with Crippen LogP contribution in [0.1, 0.15) is 11.3 Å². The van der Waals surface area contributed by atoms with Gasteiger partial charge >= 0.3 is 0 Å². The molecule has 1 fully saturated rings. The second-order valence-electron chi connectivity index (χ2n) is 6.18. The highest BCUT2D eigenvalue weighted by Gasteiger charge is 2.19. The quantitative estimate of drug-likeness (QED) is 0.796. The molecule has 0 saturated carbocycles. The molecule has 0 bridgehead atoms. The van der Waals surface area contributed by atoms with E-state index in [2.05, 4.69) is 40.9 Å². The molecule has 1 saturated heterocycles. The van der Waals surface area contributed by atoms with Crippen LogP contribution in [0.25, 0.3) is 16.2 Å². The molecule has 1 aliphatic heterocycles. The summed E-state index contributed by atoms with van der Waals surface area (Å²) in [7, 11) is 0. The maximum absolute atomic E-state index is 12.5. The van der Waals surface area contributed by atoms with Crippen molar-refractivity contribution < 1.29 is 4.79 Å². The molecule has 1 aromatic carbocycles. The zero-order valence-corrected chi connectivity index (χ0v) is 14.5. The number of hydrogen-bond acceptors (Lipinski definition) is 4. The second kappa shape index (κ2) is 6.37. The van der Waals surface area contributed by atoms with Crippen LogP contribution in [-0.2, 0) is 11.2 Å². The van der Waals surface area contributed by atoms with E-state index in [1.54, 1.807) is 11.3 Å². The average Bonchev–Trinajstić information content (AvgIpc) is 3.18. The summed E-state index contributed by atoms with van der Waals surface area (Å²) in [5, 5.41) is 5.32. The van der Waals surface area contributed by atoms with Gasteiger partial charge in [-0.25, -0.2) is 4.98 Å². The predicted octanol–water partition coefficient (Wildman–Crippen LogP) is 2.35. The van der Waals surface area contributed by atoms with Crippen LogP contribution in [0, 0.1) is 6.92 Å². The molecule has 3 heterocycles. The molecule has 5 nitrogen and oxygen atoms in total. The van der Waals surface area contributed by atoms with E-state index in [0.717, 1.165) is 48.1 Å². The van der Waals surface area contributed by atoms with Crippen molar-refractivity contribution in [1.29, 1.82) is 0 Å². The van der Waals surface area contributed by atoms with E-state index in [9.17, 15) is 4.79 Å². The van der Waals surface area contributed by atoms with Crippen molar-refractivity contribution in [1.82, 2.24) is 19.6 Å². The zero-order chi connectivity index (χ0) is 16.5. The number of carbonyl (C=O) groups excluding carboxylic acids is 1. The van der Waals surface area contributed by atoms with E-state index in [0.29, 0.717) is 6.42 Å². The van der Waals surface area contributed by atoms with Crippen molar-refractivity contribution in [3.8, 4) is 11.3 Å². The van der Waals surface area contributed by atoms with Crippen LogP contribution in [0.15, 0.2) is 35.8 Å². The minimum absolute atomic E-state index is 0.196. The summed E-state index contributed by atoms with van der Waals surface area (Å²) in [6.07, 6.45) is 2.47. The molecular formula is C18H20N4OS. The van der Waals surface area contributed by atoms with E-state index in [1.807, 2.05) is 16.5 Å². The molecule has 1 aliphatic rings.